The second-order valence-electron chi connectivity index (χ2n) is 17.4. The highest BCUT2D eigenvalue weighted by atomic mass is 31.2. The Morgan fingerprint density at radius 3 is 2.08 bits per heavy atom. The Morgan fingerprint density at radius 2 is 1.41 bits per heavy atom. The van der Waals surface area contributed by atoms with E-state index in [9.17, 15) is 59.6 Å². The Labute approximate surface area is 380 Å². The van der Waals surface area contributed by atoms with Gasteiger partial charge in [0.1, 0.15) is 36.8 Å². The molecule has 64 heavy (non-hydrogen) atoms. The first-order valence-corrected chi connectivity index (χ1v) is 25.4. The monoisotopic (exact) mass is 933 g/mol. The fourth-order valence-electron chi connectivity index (χ4n) is 7.81. The fraction of sp³-hybridized carbons (Fsp3) is 0.809. The van der Waals surface area contributed by atoms with Crippen LogP contribution < -0.4 is 0 Å². The zero-order chi connectivity index (χ0) is 47.3. The number of phosphoric acid groups is 1. The number of unbranched alkanes of at least 4 members (excludes halogenated alkanes) is 13. The second-order valence-corrected chi connectivity index (χ2v) is 18.8. The Morgan fingerprint density at radius 1 is 0.797 bits per heavy atom. The number of phosphoric ester groups is 1. The van der Waals surface area contributed by atoms with Gasteiger partial charge in [0.15, 0.2) is 6.10 Å². The van der Waals surface area contributed by atoms with Gasteiger partial charge in [0, 0.05) is 31.1 Å². The summed E-state index contributed by atoms with van der Waals surface area (Å²) in [5.74, 6) is -5.10. The molecule has 1 unspecified atom stereocenters. The van der Waals surface area contributed by atoms with Gasteiger partial charge in [-0.3, -0.25) is 23.4 Å². The summed E-state index contributed by atoms with van der Waals surface area (Å²) in [5.41, 5.74) is 0. The highest BCUT2D eigenvalue weighted by molar-refractivity contribution is 7.47. The van der Waals surface area contributed by atoms with Gasteiger partial charge >= 0.3 is 19.8 Å². The predicted octanol–water partition coefficient (Wildman–Crippen LogP) is 5.98. The molecule has 0 saturated heterocycles. The molecule has 0 aromatic rings. The van der Waals surface area contributed by atoms with Crippen LogP contribution in [0.2, 0.25) is 0 Å². The van der Waals surface area contributed by atoms with E-state index in [2.05, 4.69) is 19.1 Å². The quantitative estimate of drug-likeness (QED) is 0.0269. The van der Waals surface area contributed by atoms with Crippen molar-refractivity contribution in [3.8, 4) is 0 Å². The van der Waals surface area contributed by atoms with Gasteiger partial charge in [-0.2, -0.15) is 0 Å². The molecule has 8 N–H and O–H groups in total. The number of hydrogen-bond donors (Lipinski definition) is 8. The molecule has 1 heterocycles. The van der Waals surface area contributed by atoms with Crippen LogP contribution in [-0.4, -0.2) is 127 Å². The Hall–Kier alpha value is -2.34. The molecule has 16 nitrogen and oxygen atoms in total. The number of ether oxygens (including phenoxy) is 2. The number of allylic oxidation sites excluding steroid dienone is 4. The molecule has 1 saturated carbocycles. The minimum Gasteiger partial charge on any atom is -0.462 e. The van der Waals surface area contributed by atoms with Gasteiger partial charge in [0.25, 0.3) is 0 Å². The van der Waals surface area contributed by atoms with Crippen LogP contribution in [0.3, 0.4) is 0 Å². The van der Waals surface area contributed by atoms with Crippen molar-refractivity contribution in [1.82, 2.24) is 0 Å². The molecule has 2 bridgehead atoms. The van der Waals surface area contributed by atoms with E-state index in [-0.39, 0.29) is 19.3 Å². The number of esters is 2. The minimum atomic E-state index is -5.46. The molecule has 0 radical (unpaired) electrons. The van der Waals surface area contributed by atoms with Gasteiger partial charge in [-0.1, -0.05) is 121 Å². The standard InChI is InChI=1S/C47H81O16P/c1-3-5-7-8-9-10-11-12-13-14-15-16-17-18-24-28-41(52)62-35-32-60-40(51)27-23-20-19-22-26-36-38(49)31-39(50)37(30-29-34(48)25-21-6-4-2)43(54)45(56)47(46(57)44(55)42(36)53)63-64(58,59)61-33-35/h12-13,19,22,29-30,34-37,39,42-48,50,53-57H,3-11,14-18,20-21,23-28,31-33H2,1-2H3,(H,58,59)/b13-12-,22-19-,30-29+/t34-,35+,36-,37-,39+,42+,43+,44-,45+,46+,47+/m0/s1. The third kappa shape index (κ3) is 23.4. The molecular weight excluding hydrogens is 851 g/mol. The van der Waals surface area contributed by atoms with Gasteiger partial charge in [-0.05, 0) is 57.8 Å². The summed E-state index contributed by atoms with van der Waals surface area (Å²) in [4.78, 5) is 50.0. The highest BCUT2D eigenvalue weighted by Gasteiger charge is 2.49. The molecule has 1 aliphatic carbocycles. The van der Waals surface area contributed by atoms with Crippen molar-refractivity contribution in [2.45, 2.75) is 216 Å². The van der Waals surface area contributed by atoms with Crippen molar-refractivity contribution in [3.63, 3.8) is 0 Å². The summed E-state index contributed by atoms with van der Waals surface area (Å²) < 4.78 is 34.6. The van der Waals surface area contributed by atoms with Crippen LogP contribution in [0.25, 0.3) is 0 Å². The lowest BCUT2D eigenvalue weighted by Crippen LogP contribution is -2.55. The summed E-state index contributed by atoms with van der Waals surface area (Å²) >= 11 is 0. The van der Waals surface area contributed by atoms with Crippen molar-refractivity contribution in [1.29, 1.82) is 0 Å². The molecule has 0 amide bonds. The summed E-state index contributed by atoms with van der Waals surface area (Å²) in [6, 6.07) is 0. The van der Waals surface area contributed by atoms with Gasteiger partial charge in [-0.15, -0.1) is 0 Å². The number of carbonyl (C=O) groups is 3. The largest absolute Gasteiger partial charge is 0.472 e. The number of cyclic esters (lactones) is 1. The normalized spacial score (nSPS) is 31.8. The van der Waals surface area contributed by atoms with E-state index in [0.717, 1.165) is 51.4 Å². The van der Waals surface area contributed by atoms with E-state index in [1.54, 1.807) is 6.08 Å². The third-order valence-electron chi connectivity index (χ3n) is 11.8. The molecule has 0 aromatic carbocycles. The molecule has 2 rings (SSSR count). The summed E-state index contributed by atoms with van der Waals surface area (Å²) in [7, 11) is -5.46. The molecule has 17 heteroatoms. The summed E-state index contributed by atoms with van der Waals surface area (Å²) in [6.07, 6.45) is 8.54. The number of fused-ring (bicyclic) bond motifs is 4. The molecule has 0 spiro atoms. The SMILES string of the molecule is CCCCCCCC/C=C\CCCCCCCC(=O)O[C@@H]1COC(=O)CCC/C=C\C[C@H]2C(=O)C[C@@H](O)[C@H](/C=C/[C@@H](O)CCCCC)[C@@H](O)[C@@H](O)[C@@H](OP(=O)(O)OC1)[C@H](O)[C@@H](O)[C@@H]2O. The summed E-state index contributed by atoms with van der Waals surface area (Å²) in [6.45, 7) is 2.78. The van der Waals surface area contributed by atoms with E-state index >= 15 is 0 Å². The van der Waals surface area contributed by atoms with Crippen LogP contribution in [0.1, 0.15) is 162 Å². The highest BCUT2D eigenvalue weighted by Crippen LogP contribution is 2.47. The molecule has 12 atom stereocenters. The molecule has 2 aliphatic rings. The van der Waals surface area contributed by atoms with E-state index < -0.39 is 112 Å². The Balaban J connectivity index is 2.21. The number of rotatable bonds is 22. The molecule has 370 valence electrons. The van der Waals surface area contributed by atoms with E-state index in [1.807, 2.05) is 6.92 Å². The average molecular weight is 933 g/mol. The zero-order valence-electron chi connectivity index (χ0n) is 38.3. The average Bonchev–Trinajstić information content (AvgIpc) is 3.26. The number of aliphatic hydroxyl groups excluding tert-OH is 7. The Bertz CT molecular complexity index is 1440. The van der Waals surface area contributed by atoms with E-state index in [0.29, 0.717) is 32.1 Å². The van der Waals surface area contributed by atoms with Gasteiger partial charge < -0.3 is 50.1 Å². The van der Waals surface area contributed by atoms with Gasteiger partial charge in [0.2, 0.25) is 0 Å². The molecule has 1 fully saturated rings. The zero-order valence-corrected chi connectivity index (χ0v) is 39.2. The first kappa shape index (κ1) is 57.8. The van der Waals surface area contributed by atoms with Crippen molar-refractivity contribution >= 4 is 25.5 Å². The predicted molar refractivity (Wildman–Crippen MR) is 240 cm³/mol. The maximum absolute atomic E-state index is 13.6. The molecule has 0 aromatic heterocycles. The van der Waals surface area contributed by atoms with Gasteiger partial charge in [0.05, 0.1) is 31.0 Å². The number of aliphatic hydroxyl groups is 7. The van der Waals surface area contributed by atoms with Crippen LogP contribution in [-0.2, 0) is 37.5 Å². The maximum Gasteiger partial charge on any atom is 0.472 e. The molecule has 1 aliphatic heterocycles. The molecular formula is C47H81O16P. The van der Waals surface area contributed by atoms with Crippen molar-refractivity contribution in [3.05, 3.63) is 36.5 Å². The second kappa shape index (κ2) is 33.2. The van der Waals surface area contributed by atoms with Crippen LogP contribution in [0.15, 0.2) is 36.5 Å². The van der Waals surface area contributed by atoms with Crippen molar-refractivity contribution in [2.24, 2.45) is 11.8 Å². The Kier molecular flexibility index (Phi) is 30.0. The van der Waals surface area contributed by atoms with E-state index in [4.69, 9.17) is 18.5 Å². The fourth-order valence-corrected chi connectivity index (χ4v) is 8.78. The third-order valence-corrected chi connectivity index (χ3v) is 12.8. The number of carbonyl (C=O) groups excluding carboxylic acids is 3. The number of hydrogen-bond acceptors (Lipinski definition) is 15. The first-order valence-electron chi connectivity index (χ1n) is 23.9. The summed E-state index contributed by atoms with van der Waals surface area (Å²) in [5, 5.41) is 78.5. The van der Waals surface area contributed by atoms with Crippen molar-refractivity contribution in [2.75, 3.05) is 13.2 Å². The lowest BCUT2D eigenvalue weighted by molar-refractivity contribution is -0.166. The number of ketones is 1. The lowest BCUT2D eigenvalue weighted by Gasteiger charge is -2.36. The minimum absolute atomic E-state index is 0.0154. The maximum atomic E-state index is 13.6. The van der Waals surface area contributed by atoms with Crippen LogP contribution in [0.4, 0.5) is 0 Å². The van der Waals surface area contributed by atoms with Crippen LogP contribution in [0.5, 0.6) is 0 Å². The first-order chi connectivity index (χ1) is 30.6. The van der Waals surface area contributed by atoms with Crippen LogP contribution >= 0.6 is 7.82 Å². The number of Topliss-reactive ketones (excluding diaryl/α,β-unsaturated/α-hetero) is 1. The van der Waals surface area contributed by atoms with E-state index in [1.165, 1.54) is 56.8 Å². The van der Waals surface area contributed by atoms with Crippen LogP contribution in [0, 0.1) is 11.8 Å². The van der Waals surface area contributed by atoms with Gasteiger partial charge in [-0.25, -0.2) is 4.57 Å². The van der Waals surface area contributed by atoms with Crippen molar-refractivity contribution < 1.29 is 78.1 Å². The topological polar surface area (TPSA) is 267 Å². The smallest absolute Gasteiger partial charge is 0.462 e. The lowest BCUT2D eigenvalue weighted by atomic mass is 9.84.